The summed E-state index contributed by atoms with van der Waals surface area (Å²) in [7, 11) is 3.37. The van der Waals surface area contributed by atoms with Gasteiger partial charge in [-0.15, -0.1) is 0 Å². The molecule has 3 unspecified atom stereocenters. The maximum absolute atomic E-state index is 11.8. The van der Waals surface area contributed by atoms with Crippen molar-refractivity contribution < 1.29 is 19.8 Å². The highest BCUT2D eigenvalue weighted by molar-refractivity contribution is 7.99. The second-order valence-corrected chi connectivity index (χ2v) is 7.47. The van der Waals surface area contributed by atoms with E-state index in [0.29, 0.717) is 35.9 Å². The van der Waals surface area contributed by atoms with E-state index in [-0.39, 0.29) is 17.7 Å². The van der Waals surface area contributed by atoms with E-state index in [1.807, 2.05) is 6.92 Å². The first-order valence-corrected chi connectivity index (χ1v) is 10.2. The number of amides is 1. The predicted molar refractivity (Wildman–Crippen MR) is 98.1 cm³/mol. The number of nitrogens with one attached hydrogen (secondary N) is 2. The Kier molecular flexibility index (Phi) is 13.9. The Bertz CT molecular complexity index is 341. The van der Waals surface area contributed by atoms with E-state index in [4.69, 9.17) is 0 Å². The van der Waals surface area contributed by atoms with E-state index < -0.39 is 12.2 Å². The minimum Gasteiger partial charge on any atom is -0.390 e. The number of likely N-dealkylation sites (N-methyl/N-ethyl adjacent to an activating group) is 1. The number of Topliss-reactive ketones (excluding diaryl/α,β-unsaturated/α-hetero) is 1. The van der Waals surface area contributed by atoms with Gasteiger partial charge in [0.15, 0.2) is 5.78 Å². The van der Waals surface area contributed by atoms with Crippen molar-refractivity contribution >= 4 is 35.2 Å². The quantitative estimate of drug-likeness (QED) is 0.328. The van der Waals surface area contributed by atoms with Crippen LogP contribution in [0.5, 0.6) is 0 Å². The van der Waals surface area contributed by atoms with Crippen molar-refractivity contribution in [2.45, 2.75) is 44.4 Å². The summed E-state index contributed by atoms with van der Waals surface area (Å²) >= 11 is 2.92. The van der Waals surface area contributed by atoms with Crippen LogP contribution in [-0.2, 0) is 9.59 Å². The second-order valence-electron chi connectivity index (χ2n) is 5.17. The molecule has 0 fully saturated rings. The molecule has 4 N–H and O–H groups in total. The molecule has 0 aromatic rings. The minimum absolute atomic E-state index is 0.0280. The van der Waals surface area contributed by atoms with Gasteiger partial charge in [-0.1, -0.05) is 6.92 Å². The third-order valence-electron chi connectivity index (χ3n) is 3.41. The van der Waals surface area contributed by atoms with Gasteiger partial charge in [0.1, 0.15) is 0 Å². The molecule has 0 saturated carbocycles. The van der Waals surface area contributed by atoms with Crippen LogP contribution in [0.25, 0.3) is 0 Å². The average molecular weight is 367 g/mol. The van der Waals surface area contributed by atoms with Gasteiger partial charge in [-0.05, 0) is 13.5 Å². The van der Waals surface area contributed by atoms with Crippen molar-refractivity contribution in [3.63, 3.8) is 0 Å². The zero-order chi connectivity index (χ0) is 17.7. The van der Waals surface area contributed by atoms with Crippen LogP contribution < -0.4 is 10.6 Å². The number of aliphatic hydroxyl groups is 2. The minimum atomic E-state index is -0.811. The molecule has 0 aliphatic rings. The Morgan fingerprint density at radius 1 is 1.00 bits per heavy atom. The lowest BCUT2D eigenvalue weighted by Gasteiger charge is -2.17. The topological polar surface area (TPSA) is 98.7 Å². The number of rotatable bonds is 14. The normalized spacial score (nSPS) is 15.0. The van der Waals surface area contributed by atoms with E-state index in [0.717, 1.165) is 6.42 Å². The summed E-state index contributed by atoms with van der Waals surface area (Å²) in [5.41, 5.74) is 0. The molecule has 136 valence electrons. The van der Waals surface area contributed by atoms with Crippen LogP contribution in [0.2, 0.25) is 0 Å². The van der Waals surface area contributed by atoms with Gasteiger partial charge in [0.05, 0.1) is 18.2 Å². The molecule has 0 spiro atoms. The SMILES string of the molecule is CCC(NC)C(=O)CCSCC(O)C(O)CSCCC(=O)NC. The largest absolute Gasteiger partial charge is 0.390 e. The zero-order valence-electron chi connectivity index (χ0n) is 14.2. The first-order chi connectivity index (χ1) is 11.0. The lowest BCUT2D eigenvalue weighted by molar-refractivity contribution is -0.121. The van der Waals surface area contributed by atoms with E-state index in [9.17, 15) is 19.8 Å². The molecule has 23 heavy (non-hydrogen) atoms. The number of hydrogen-bond acceptors (Lipinski definition) is 7. The average Bonchev–Trinajstić information content (AvgIpc) is 2.55. The van der Waals surface area contributed by atoms with Gasteiger partial charge >= 0.3 is 0 Å². The molecule has 0 aromatic heterocycles. The van der Waals surface area contributed by atoms with Crippen molar-refractivity contribution in [3.05, 3.63) is 0 Å². The lowest BCUT2D eigenvalue weighted by Crippen LogP contribution is -2.33. The summed E-state index contributed by atoms with van der Waals surface area (Å²) in [5.74, 6) is 2.22. The molecule has 6 nitrogen and oxygen atoms in total. The smallest absolute Gasteiger partial charge is 0.220 e. The van der Waals surface area contributed by atoms with E-state index in [2.05, 4.69) is 10.6 Å². The second kappa shape index (κ2) is 14.1. The van der Waals surface area contributed by atoms with Crippen molar-refractivity contribution in [1.29, 1.82) is 0 Å². The zero-order valence-corrected chi connectivity index (χ0v) is 15.8. The molecular weight excluding hydrogens is 336 g/mol. The summed E-state index contributed by atoms with van der Waals surface area (Å²) in [6, 6.07) is -0.0946. The number of carbonyl (C=O) groups excluding carboxylic acids is 2. The molecule has 0 radical (unpaired) electrons. The van der Waals surface area contributed by atoms with Gasteiger partial charge in [0.2, 0.25) is 5.91 Å². The highest BCUT2D eigenvalue weighted by Crippen LogP contribution is 2.13. The standard InChI is InChI=1S/C15H30N2O4S2/c1-4-11(16-2)12(18)5-7-22-9-13(19)14(20)10-23-8-6-15(21)17-3/h11,13-14,16,19-20H,4-10H2,1-3H3,(H,17,21). The summed E-state index contributed by atoms with van der Waals surface area (Å²) in [5, 5.41) is 25.2. The molecule has 0 rings (SSSR count). The Morgan fingerprint density at radius 3 is 1.96 bits per heavy atom. The fraction of sp³-hybridized carbons (Fsp3) is 0.867. The van der Waals surface area contributed by atoms with Crippen molar-refractivity contribution in [2.75, 3.05) is 37.1 Å². The van der Waals surface area contributed by atoms with E-state index in [1.165, 1.54) is 23.5 Å². The number of aliphatic hydroxyl groups excluding tert-OH is 2. The van der Waals surface area contributed by atoms with Gasteiger partial charge in [-0.3, -0.25) is 9.59 Å². The molecule has 3 atom stereocenters. The molecule has 0 aliphatic carbocycles. The fourth-order valence-corrected chi connectivity index (χ4v) is 3.80. The summed E-state index contributed by atoms with van der Waals surface area (Å²) < 4.78 is 0. The monoisotopic (exact) mass is 366 g/mol. The number of thioether (sulfide) groups is 2. The van der Waals surface area contributed by atoms with Crippen LogP contribution in [0.1, 0.15) is 26.2 Å². The van der Waals surface area contributed by atoms with E-state index in [1.54, 1.807) is 14.1 Å². The molecule has 8 heteroatoms. The molecule has 0 heterocycles. The van der Waals surface area contributed by atoms with Gasteiger partial charge in [-0.2, -0.15) is 23.5 Å². The van der Waals surface area contributed by atoms with Crippen molar-refractivity contribution in [1.82, 2.24) is 10.6 Å². The predicted octanol–water partition coefficient (Wildman–Crippen LogP) is 0.268. The van der Waals surface area contributed by atoms with E-state index >= 15 is 0 Å². The maximum Gasteiger partial charge on any atom is 0.220 e. The Morgan fingerprint density at radius 2 is 1.52 bits per heavy atom. The molecule has 0 bridgehead atoms. The highest BCUT2D eigenvalue weighted by Gasteiger charge is 2.17. The molecular formula is C15H30N2O4S2. The molecule has 1 amide bonds. The number of hydrogen-bond donors (Lipinski definition) is 4. The third kappa shape index (κ3) is 11.0. The van der Waals surface area contributed by atoms with Crippen molar-refractivity contribution in [2.24, 2.45) is 0 Å². The van der Waals surface area contributed by atoms with Crippen LogP contribution in [0.3, 0.4) is 0 Å². The summed E-state index contributed by atoms with van der Waals surface area (Å²) in [4.78, 5) is 22.9. The summed E-state index contributed by atoms with van der Waals surface area (Å²) in [6.07, 6.45) is 0.0233. The number of ketones is 1. The van der Waals surface area contributed by atoms with Crippen LogP contribution in [0.15, 0.2) is 0 Å². The van der Waals surface area contributed by atoms with Crippen LogP contribution in [0, 0.1) is 0 Å². The van der Waals surface area contributed by atoms with Crippen LogP contribution >= 0.6 is 23.5 Å². The van der Waals surface area contributed by atoms with Gasteiger partial charge in [0, 0.05) is 42.9 Å². The fourth-order valence-electron chi connectivity index (χ4n) is 1.86. The molecule has 0 aromatic carbocycles. The molecule has 0 saturated heterocycles. The Labute approximate surface area is 147 Å². The van der Waals surface area contributed by atoms with Crippen LogP contribution in [0.4, 0.5) is 0 Å². The van der Waals surface area contributed by atoms with Crippen molar-refractivity contribution in [3.8, 4) is 0 Å². The van der Waals surface area contributed by atoms with Gasteiger partial charge < -0.3 is 20.8 Å². The first kappa shape index (κ1) is 22.7. The number of carbonyl (C=O) groups is 2. The summed E-state index contributed by atoms with van der Waals surface area (Å²) in [6.45, 7) is 1.97. The maximum atomic E-state index is 11.8. The highest BCUT2D eigenvalue weighted by atomic mass is 32.2. The van der Waals surface area contributed by atoms with Gasteiger partial charge in [0.25, 0.3) is 0 Å². The first-order valence-electron chi connectivity index (χ1n) is 7.88. The molecule has 0 aliphatic heterocycles. The third-order valence-corrected chi connectivity index (χ3v) is 5.55. The lowest BCUT2D eigenvalue weighted by atomic mass is 10.1. The van der Waals surface area contributed by atoms with Crippen LogP contribution in [-0.4, -0.2) is 77.3 Å². The Hall–Kier alpha value is -0.280. The Balaban J connectivity index is 3.74. The van der Waals surface area contributed by atoms with Gasteiger partial charge in [-0.25, -0.2) is 0 Å².